The Morgan fingerprint density at radius 2 is 1.17 bits per heavy atom. The van der Waals surface area contributed by atoms with Crippen LogP contribution in [0.4, 0.5) is 0 Å². The fourth-order valence-electron chi connectivity index (χ4n) is 1.09. The van der Waals surface area contributed by atoms with Gasteiger partial charge in [-0.2, -0.15) is 0 Å². The van der Waals surface area contributed by atoms with E-state index in [1.807, 2.05) is 0 Å². The summed E-state index contributed by atoms with van der Waals surface area (Å²) in [4.78, 5) is 0. The first-order valence-electron chi connectivity index (χ1n) is 5.02. The second kappa shape index (κ2) is 8.38. The zero-order valence-electron chi connectivity index (χ0n) is 10.1. The van der Waals surface area contributed by atoms with Crippen molar-refractivity contribution in [1.29, 1.82) is 0 Å². The van der Waals surface area contributed by atoms with Gasteiger partial charge in [-0.15, -0.1) is 18.1 Å². The predicted molar refractivity (Wildman–Crippen MR) is 65.3 cm³/mol. The van der Waals surface area contributed by atoms with E-state index in [4.69, 9.17) is 9.05 Å². The fourth-order valence-corrected chi connectivity index (χ4v) is 1.81. The predicted octanol–water partition coefficient (Wildman–Crippen LogP) is 3.33. The Hall–Kier alpha value is -0.740. The van der Waals surface area contributed by atoms with Gasteiger partial charge in [-0.25, -0.2) is 0 Å². The molecule has 0 fully saturated rings. The second-order valence-electron chi connectivity index (χ2n) is 3.18. The lowest BCUT2D eigenvalue weighted by atomic mass is 10.1. The Kier molecular flexibility index (Phi) is 7.13. The van der Waals surface area contributed by atoms with E-state index >= 15 is 0 Å². The van der Waals surface area contributed by atoms with Crippen molar-refractivity contribution in [2.45, 2.75) is 13.2 Å². The SMILES string of the molecule is CO[P+](=O)OCc1ccc(CO[P+](=O)OC)cc1. The maximum Gasteiger partial charge on any atom is 0.697 e. The van der Waals surface area contributed by atoms with Crippen LogP contribution in [0.15, 0.2) is 24.3 Å². The lowest BCUT2D eigenvalue weighted by Crippen LogP contribution is -1.90. The third-order valence-corrected chi connectivity index (χ3v) is 3.27. The van der Waals surface area contributed by atoms with Gasteiger partial charge in [-0.1, -0.05) is 24.3 Å². The first kappa shape index (κ1) is 15.3. The van der Waals surface area contributed by atoms with Crippen molar-refractivity contribution in [2.24, 2.45) is 0 Å². The minimum atomic E-state index is -2.06. The third-order valence-electron chi connectivity index (χ3n) is 1.99. The summed E-state index contributed by atoms with van der Waals surface area (Å²) >= 11 is 0. The van der Waals surface area contributed by atoms with Crippen LogP contribution in [0.25, 0.3) is 0 Å². The zero-order chi connectivity index (χ0) is 13.4. The molecule has 0 saturated heterocycles. The molecule has 98 valence electrons. The summed E-state index contributed by atoms with van der Waals surface area (Å²) in [5.74, 6) is 0. The first-order valence-corrected chi connectivity index (χ1v) is 7.21. The zero-order valence-corrected chi connectivity index (χ0v) is 11.9. The summed E-state index contributed by atoms with van der Waals surface area (Å²) in [6, 6.07) is 7.21. The molecular formula is C10H14O6P2+2. The van der Waals surface area contributed by atoms with Crippen LogP contribution in [-0.4, -0.2) is 14.2 Å². The highest BCUT2D eigenvalue weighted by atomic mass is 31.1. The summed E-state index contributed by atoms with van der Waals surface area (Å²) in [5, 5.41) is 0. The maximum absolute atomic E-state index is 10.9. The fraction of sp³-hybridized carbons (Fsp3) is 0.400. The molecule has 2 unspecified atom stereocenters. The van der Waals surface area contributed by atoms with E-state index in [9.17, 15) is 9.13 Å². The minimum absolute atomic E-state index is 0.205. The van der Waals surface area contributed by atoms with Crippen LogP contribution in [0.3, 0.4) is 0 Å². The van der Waals surface area contributed by atoms with E-state index in [1.54, 1.807) is 24.3 Å². The highest BCUT2D eigenvalue weighted by molar-refractivity contribution is 7.33. The Balaban J connectivity index is 2.42. The molecule has 0 aliphatic rings. The van der Waals surface area contributed by atoms with Gasteiger partial charge in [0.2, 0.25) is 0 Å². The van der Waals surface area contributed by atoms with Gasteiger partial charge in [0, 0.05) is 9.13 Å². The van der Waals surface area contributed by atoms with Crippen molar-refractivity contribution in [3.8, 4) is 0 Å². The molecule has 1 aromatic carbocycles. The largest absolute Gasteiger partial charge is 0.697 e. The second-order valence-corrected chi connectivity index (χ2v) is 5.32. The molecule has 0 radical (unpaired) electrons. The Bertz CT molecular complexity index is 366. The van der Waals surface area contributed by atoms with E-state index in [2.05, 4.69) is 9.05 Å². The maximum atomic E-state index is 10.9. The number of hydrogen-bond donors (Lipinski definition) is 0. The van der Waals surface area contributed by atoms with Crippen molar-refractivity contribution in [3.05, 3.63) is 35.4 Å². The van der Waals surface area contributed by atoms with Crippen molar-refractivity contribution in [1.82, 2.24) is 0 Å². The molecule has 0 aliphatic heterocycles. The average molecular weight is 292 g/mol. The van der Waals surface area contributed by atoms with Crippen LogP contribution in [0.5, 0.6) is 0 Å². The molecule has 0 N–H and O–H groups in total. The summed E-state index contributed by atoms with van der Waals surface area (Å²) < 4.78 is 40.6. The Labute approximate surface area is 107 Å². The molecule has 18 heavy (non-hydrogen) atoms. The molecule has 0 saturated carbocycles. The Morgan fingerprint density at radius 1 is 0.833 bits per heavy atom. The van der Waals surface area contributed by atoms with Crippen molar-refractivity contribution >= 4 is 16.5 Å². The molecule has 0 aromatic heterocycles. The van der Waals surface area contributed by atoms with E-state index in [0.717, 1.165) is 11.1 Å². The van der Waals surface area contributed by atoms with E-state index in [0.29, 0.717) is 0 Å². The van der Waals surface area contributed by atoms with E-state index in [-0.39, 0.29) is 13.2 Å². The van der Waals surface area contributed by atoms with Crippen LogP contribution in [-0.2, 0) is 40.4 Å². The Morgan fingerprint density at radius 3 is 1.44 bits per heavy atom. The van der Waals surface area contributed by atoms with Gasteiger partial charge in [0.05, 0.1) is 14.2 Å². The monoisotopic (exact) mass is 292 g/mol. The molecule has 0 bridgehead atoms. The summed E-state index contributed by atoms with van der Waals surface area (Å²) in [7, 11) is -1.48. The first-order chi connectivity index (χ1) is 8.65. The van der Waals surface area contributed by atoms with Crippen LogP contribution >= 0.6 is 16.5 Å². The molecule has 0 heterocycles. The van der Waals surface area contributed by atoms with Crippen molar-refractivity contribution < 1.29 is 27.2 Å². The standard InChI is InChI=1S/C10H14O6P2/c1-13-17(11)15-7-9-3-5-10(6-4-9)8-16-18(12)14-2/h3-6H,7-8H2,1-2H3/q+2. The molecule has 2 atom stereocenters. The molecular weight excluding hydrogens is 278 g/mol. The lowest BCUT2D eigenvalue weighted by molar-refractivity contribution is 0.245. The molecule has 1 rings (SSSR count). The van der Waals surface area contributed by atoms with Gasteiger partial charge in [0.25, 0.3) is 0 Å². The van der Waals surface area contributed by atoms with Crippen LogP contribution in [0, 0.1) is 0 Å². The molecule has 1 aromatic rings. The average Bonchev–Trinajstić information content (AvgIpc) is 2.43. The topological polar surface area (TPSA) is 71.1 Å². The van der Waals surface area contributed by atoms with Gasteiger partial charge in [-0.05, 0) is 11.1 Å². The van der Waals surface area contributed by atoms with Gasteiger partial charge in [-0.3, -0.25) is 0 Å². The summed E-state index contributed by atoms with van der Waals surface area (Å²) in [6.45, 7) is 0.410. The highest BCUT2D eigenvalue weighted by Crippen LogP contribution is 2.25. The van der Waals surface area contributed by atoms with E-state index < -0.39 is 16.5 Å². The molecule has 0 amide bonds. The van der Waals surface area contributed by atoms with E-state index in [1.165, 1.54) is 14.2 Å². The molecule has 0 spiro atoms. The van der Waals surface area contributed by atoms with Crippen molar-refractivity contribution in [2.75, 3.05) is 14.2 Å². The number of benzene rings is 1. The molecule has 0 aliphatic carbocycles. The highest BCUT2D eigenvalue weighted by Gasteiger charge is 2.18. The quantitative estimate of drug-likeness (QED) is 0.684. The smallest absolute Gasteiger partial charge is 0.122 e. The number of hydrogen-bond acceptors (Lipinski definition) is 6. The minimum Gasteiger partial charge on any atom is -0.122 e. The summed E-state index contributed by atoms with van der Waals surface area (Å²) in [6.07, 6.45) is 0. The summed E-state index contributed by atoms with van der Waals surface area (Å²) in [5.41, 5.74) is 1.71. The van der Waals surface area contributed by atoms with Gasteiger partial charge < -0.3 is 0 Å². The molecule has 8 heteroatoms. The number of rotatable bonds is 8. The third kappa shape index (κ3) is 5.74. The van der Waals surface area contributed by atoms with Crippen molar-refractivity contribution in [3.63, 3.8) is 0 Å². The van der Waals surface area contributed by atoms with Gasteiger partial charge in [0.15, 0.2) is 0 Å². The van der Waals surface area contributed by atoms with Gasteiger partial charge in [0.1, 0.15) is 13.2 Å². The normalized spacial score (nSPS) is 12.3. The lowest BCUT2D eigenvalue weighted by Gasteiger charge is -1.98. The van der Waals surface area contributed by atoms with Gasteiger partial charge >= 0.3 is 16.5 Å². The van der Waals surface area contributed by atoms with Crippen LogP contribution < -0.4 is 0 Å². The molecule has 6 nitrogen and oxygen atoms in total. The van der Waals surface area contributed by atoms with Crippen LogP contribution in [0.1, 0.15) is 11.1 Å². The van der Waals surface area contributed by atoms with Crippen LogP contribution in [0.2, 0.25) is 0 Å².